The molecule has 0 amide bonds. The highest BCUT2D eigenvalue weighted by atomic mass is 15.3. The zero-order valence-electron chi connectivity index (χ0n) is 11.4. The Kier molecular flexibility index (Phi) is 3.76. The summed E-state index contributed by atoms with van der Waals surface area (Å²) in [7, 11) is 3.91. The van der Waals surface area contributed by atoms with E-state index in [2.05, 4.69) is 33.7 Å². The molecule has 0 fully saturated rings. The fourth-order valence-electron chi connectivity index (χ4n) is 2.09. The fourth-order valence-corrected chi connectivity index (χ4v) is 2.09. The zero-order chi connectivity index (χ0) is 13.1. The summed E-state index contributed by atoms with van der Waals surface area (Å²) in [6.07, 6.45) is 4.67. The summed E-state index contributed by atoms with van der Waals surface area (Å²) in [5.41, 5.74) is 2.33. The number of nitrogens with one attached hydrogen (secondary N) is 1. The molecule has 2 aromatic heterocycles. The molecule has 2 rings (SSSR count). The molecular formula is C12H20N6. The number of hydrogen-bond donors (Lipinski definition) is 1. The van der Waals surface area contributed by atoms with Gasteiger partial charge < -0.3 is 9.88 Å². The lowest BCUT2D eigenvalue weighted by Gasteiger charge is -2.12. The topological polar surface area (TPSA) is 60.6 Å². The normalized spacial score (nSPS) is 12.9. The lowest BCUT2D eigenvalue weighted by atomic mass is 10.1. The van der Waals surface area contributed by atoms with E-state index < -0.39 is 0 Å². The molecule has 1 unspecified atom stereocenters. The predicted molar refractivity (Wildman–Crippen MR) is 69.1 cm³/mol. The first kappa shape index (κ1) is 12.8. The molecule has 18 heavy (non-hydrogen) atoms. The van der Waals surface area contributed by atoms with Crippen LogP contribution in [-0.2, 0) is 20.5 Å². The van der Waals surface area contributed by atoms with Gasteiger partial charge in [0.25, 0.3) is 0 Å². The lowest BCUT2D eigenvalue weighted by Crippen LogP contribution is -2.22. The van der Waals surface area contributed by atoms with Crippen LogP contribution in [0.1, 0.15) is 30.0 Å². The highest BCUT2D eigenvalue weighted by Gasteiger charge is 2.11. The van der Waals surface area contributed by atoms with Gasteiger partial charge in [0.2, 0.25) is 0 Å². The monoisotopic (exact) mass is 248 g/mol. The summed E-state index contributed by atoms with van der Waals surface area (Å²) in [5.74, 6) is 0.998. The first-order valence-electron chi connectivity index (χ1n) is 6.14. The van der Waals surface area contributed by atoms with Crippen LogP contribution in [0.3, 0.4) is 0 Å². The summed E-state index contributed by atoms with van der Waals surface area (Å²) in [6, 6.07) is 0.298. The predicted octanol–water partition coefficient (Wildman–Crippen LogP) is 0.750. The molecule has 0 spiro atoms. The van der Waals surface area contributed by atoms with Crippen LogP contribution in [0.5, 0.6) is 0 Å². The van der Waals surface area contributed by atoms with E-state index in [1.807, 2.05) is 30.3 Å². The van der Waals surface area contributed by atoms with Crippen molar-refractivity contribution in [3.8, 4) is 0 Å². The Morgan fingerprint density at radius 1 is 1.39 bits per heavy atom. The Balaban J connectivity index is 1.87. The molecule has 98 valence electrons. The second-order valence-electron chi connectivity index (χ2n) is 4.63. The molecule has 1 N–H and O–H groups in total. The van der Waals surface area contributed by atoms with Crippen LogP contribution in [0.4, 0.5) is 0 Å². The van der Waals surface area contributed by atoms with E-state index in [4.69, 9.17) is 0 Å². The van der Waals surface area contributed by atoms with Gasteiger partial charge in [-0.2, -0.15) is 5.10 Å². The Bertz CT molecular complexity index is 512. The lowest BCUT2D eigenvalue weighted by molar-refractivity contribution is 0.562. The maximum absolute atomic E-state index is 4.35. The van der Waals surface area contributed by atoms with E-state index >= 15 is 0 Å². The van der Waals surface area contributed by atoms with Crippen LogP contribution < -0.4 is 5.32 Å². The highest BCUT2D eigenvalue weighted by molar-refractivity contribution is 5.19. The molecule has 6 nitrogen and oxygen atoms in total. The van der Waals surface area contributed by atoms with Crippen molar-refractivity contribution >= 4 is 0 Å². The van der Waals surface area contributed by atoms with Gasteiger partial charge in [-0.1, -0.05) is 0 Å². The van der Waals surface area contributed by atoms with E-state index in [-0.39, 0.29) is 0 Å². The number of nitrogens with zero attached hydrogens (tertiary/aromatic N) is 5. The Hall–Kier alpha value is -1.69. The van der Waals surface area contributed by atoms with Gasteiger partial charge >= 0.3 is 0 Å². The minimum Gasteiger partial charge on any atom is -0.321 e. The molecule has 1 atom stereocenters. The number of aromatic nitrogens is 5. The minimum absolute atomic E-state index is 0.298. The van der Waals surface area contributed by atoms with Crippen molar-refractivity contribution in [2.24, 2.45) is 14.1 Å². The maximum atomic E-state index is 4.35. The highest BCUT2D eigenvalue weighted by Crippen LogP contribution is 2.15. The third-order valence-corrected chi connectivity index (χ3v) is 3.12. The minimum atomic E-state index is 0.298. The molecule has 2 heterocycles. The van der Waals surface area contributed by atoms with Gasteiger partial charge in [0.05, 0.1) is 5.69 Å². The van der Waals surface area contributed by atoms with E-state index in [1.54, 1.807) is 6.33 Å². The van der Waals surface area contributed by atoms with Gasteiger partial charge in [-0.05, 0) is 13.8 Å². The third-order valence-electron chi connectivity index (χ3n) is 3.12. The fraction of sp³-hybridized carbons (Fsp3) is 0.583. The molecule has 6 heteroatoms. The third kappa shape index (κ3) is 2.76. The van der Waals surface area contributed by atoms with Crippen molar-refractivity contribution in [2.75, 3.05) is 6.54 Å². The summed E-state index contributed by atoms with van der Waals surface area (Å²) in [5, 5.41) is 15.8. The van der Waals surface area contributed by atoms with Crippen LogP contribution in [0.2, 0.25) is 0 Å². The smallest absolute Gasteiger partial charge is 0.133 e. The van der Waals surface area contributed by atoms with E-state index in [1.165, 1.54) is 5.56 Å². The van der Waals surface area contributed by atoms with Crippen molar-refractivity contribution in [2.45, 2.75) is 26.3 Å². The molecule has 0 bridgehead atoms. The van der Waals surface area contributed by atoms with E-state index in [0.717, 1.165) is 24.5 Å². The second kappa shape index (κ2) is 5.30. The average molecular weight is 248 g/mol. The van der Waals surface area contributed by atoms with Crippen LogP contribution in [0.25, 0.3) is 0 Å². The Labute approximate surface area is 107 Å². The molecule has 0 saturated heterocycles. The molecule has 0 saturated carbocycles. The standard InChI is InChI=1S/C12H20N6/c1-9(11-7-18(4)16-10(11)2)13-6-5-12-15-14-8-17(12)3/h7-9,13H,5-6H2,1-4H3. The first-order valence-corrected chi connectivity index (χ1v) is 6.14. The Morgan fingerprint density at radius 3 is 2.72 bits per heavy atom. The van der Waals surface area contributed by atoms with Gasteiger partial charge in [-0.25, -0.2) is 0 Å². The van der Waals surface area contributed by atoms with Gasteiger partial charge in [0, 0.05) is 44.9 Å². The SMILES string of the molecule is Cc1nn(C)cc1C(C)NCCc1nncn1C. The van der Waals surface area contributed by atoms with Crippen LogP contribution in [0, 0.1) is 6.92 Å². The van der Waals surface area contributed by atoms with Gasteiger partial charge in [0.1, 0.15) is 12.2 Å². The van der Waals surface area contributed by atoms with Gasteiger partial charge in [0.15, 0.2) is 0 Å². The largest absolute Gasteiger partial charge is 0.321 e. The van der Waals surface area contributed by atoms with Gasteiger partial charge in [-0.3, -0.25) is 4.68 Å². The molecule has 2 aromatic rings. The van der Waals surface area contributed by atoms with Gasteiger partial charge in [-0.15, -0.1) is 10.2 Å². The number of rotatable bonds is 5. The molecular weight excluding hydrogens is 228 g/mol. The molecule has 0 aliphatic rings. The van der Waals surface area contributed by atoms with Crippen molar-refractivity contribution in [3.05, 3.63) is 29.6 Å². The van der Waals surface area contributed by atoms with Crippen molar-refractivity contribution in [1.82, 2.24) is 29.9 Å². The Morgan fingerprint density at radius 2 is 2.17 bits per heavy atom. The zero-order valence-corrected chi connectivity index (χ0v) is 11.4. The number of hydrogen-bond acceptors (Lipinski definition) is 4. The maximum Gasteiger partial charge on any atom is 0.133 e. The average Bonchev–Trinajstić information content (AvgIpc) is 2.85. The molecule has 0 aliphatic carbocycles. The summed E-state index contributed by atoms with van der Waals surface area (Å²) < 4.78 is 3.80. The number of aryl methyl sites for hydroxylation is 3. The van der Waals surface area contributed by atoms with Crippen molar-refractivity contribution < 1.29 is 0 Å². The first-order chi connectivity index (χ1) is 8.58. The molecule has 0 aliphatic heterocycles. The van der Waals surface area contributed by atoms with E-state index in [9.17, 15) is 0 Å². The van der Waals surface area contributed by atoms with E-state index in [0.29, 0.717) is 6.04 Å². The second-order valence-corrected chi connectivity index (χ2v) is 4.63. The summed E-state index contributed by atoms with van der Waals surface area (Å²) in [6.45, 7) is 5.07. The van der Waals surface area contributed by atoms with Crippen LogP contribution in [-0.4, -0.2) is 31.1 Å². The van der Waals surface area contributed by atoms with Crippen molar-refractivity contribution in [1.29, 1.82) is 0 Å². The molecule has 0 aromatic carbocycles. The quantitative estimate of drug-likeness (QED) is 0.848. The van der Waals surface area contributed by atoms with Crippen molar-refractivity contribution in [3.63, 3.8) is 0 Å². The summed E-state index contributed by atoms with van der Waals surface area (Å²) in [4.78, 5) is 0. The summed E-state index contributed by atoms with van der Waals surface area (Å²) >= 11 is 0. The van der Waals surface area contributed by atoms with Crippen LogP contribution >= 0.6 is 0 Å². The van der Waals surface area contributed by atoms with Crippen LogP contribution in [0.15, 0.2) is 12.5 Å². The molecule has 0 radical (unpaired) electrons.